The smallest absolute Gasteiger partial charge is 0.416 e. The molecule has 3 rings (SSSR count). The molecule has 0 saturated carbocycles. The Morgan fingerprint density at radius 3 is 2.31 bits per heavy atom. The molecule has 0 amide bonds. The molecule has 1 aromatic heterocycles. The van der Waals surface area contributed by atoms with Crippen LogP contribution in [0.15, 0.2) is 48.7 Å². The predicted molar refractivity (Wildman–Crippen MR) is 90.6 cm³/mol. The molecule has 0 bridgehead atoms. The third-order valence-corrected chi connectivity index (χ3v) is 4.56. The third kappa shape index (κ3) is 2.58. The second-order valence-electron chi connectivity index (χ2n) is 5.93. The number of carbonyl (C=O) groups is 1. The summed E-state index contributed by atoms with van der Waals surface area (Å²) >= 11 is 0. The molecule has 2 aromatic carbocycles. The molecule has 1 heterocycles. The van der Waals surface area contributed by atoms with E-state index in [0.717, 1.165) is 12.1 Å². The fourth-order valence-corrected chi connectivity index (χ4v) is 3.15. The number of nitrogens with two attached hydrogens (primary N) is 1. The van der Waals surface area contributed by atoms with Gasteiger partial charge in [-0.15, -0.1) is 0 Å². The maximum atomic E-state index is 12.8. The number of carboxylic acids is 1. The summed E-state index contributed by atoms with van der Waals surface area (Å²) in [7, 11) is 0. The molecule has 0 aliphatic heterocycles. The van der Waals surface area contributed by atoms with Gasteiger partial charge in [0.1, 0.15) is 0 Å². The summed E-state index contributed by atoms with van der Waals surface area (Å²) in [5.74, 6) is -1.22. The summed E-state index contributed by atoms with van der Waals surface area (Å²) in [4.78, 5) is 12.2. The Balaban J connectivity index is 2.25. The molecule has 0 radical (unpaired) electrons. The maximum absolute atomic E-state index is 12.8. The Kier molecular flexibility index (Phi) is 4.14. The number of halogens is 3. The van der Waals surface area contributed by atoms with Crippen molar-refractivity contribution in [1.29, 1.82) is 0 Å². The van der Waals surface area contributed by atoms with E-state index in [2.05, 4.69) is 5.10 Å². The molecule has 1 unspecified atom stereocenters. The molecule has 26 heavy (non-hydrogen) atoms. The molecular formula is C18H16F3N3O2. The Labute approximate surface area is 146 Å². The van der Waals surface area contributed by atoms with Gasteiger partial charge in [0, 0.05) is 11.1 Å². The van der Waals surface area contributed by atoms with Crippen LogP contribution >= 0.6 is 0 Å². The first kappa shape index (κ1) is 17.8. The number of hydrogen-bond acceptors (Lipinski definition) is 3. The molecule has 0 aliphatic rings. The molecule has 5 nitrogen and oxygen atoms in total. The van der Waals surface area contributed by atoms with Crippen LogP contribution in [0.3, 0.4) is 0 Å². The van der Waals surface area contributed by atoms with E-state index in [1.165, 1.54) is 23.0 Å². The molecule has 8 heteroatoms. The van der Waals surface area contributed by atoms with Crippen LogP contribution in [-0.4, -0.2) is 20.9 Å². The minimum absolute atomic E-state index is 0.0826. The molecule has 0 spiro atoms. The fraction of sp³-hybridized carbons (Fsp3) is 0.222. The van der Waals surface area contributed by atoms with Gasteiger partial charge in [0.15, 0.2) is 5.54 Å². The molecule has 3 aromatic rings. The van der Waals surface area contributed by atoms with Crippen molar-refractivity contribution < 1.29 is 23.1 Å². The van der Waals surface area contributed by atoms with Crippen molar-refractivity contribution in [3.8, 4) is 0 Å². The lowest BCUT2D eigenvalue weighted by Crippen LogP contribution is -2.43. The fourth-order valence-electron chi connectivity index (χ4n) is 3.15. The number of aliphatic carboxylic acids is 1. The van der Waals surface area contributed by atoms with Crippen LogP contribution in [0.5, 0.6) is 0 Å². The zero-order valence-corrected chi connectivity index (χ0v) is 13.8. The predicted octanol–water partition coefficient (Wildman–Crippen LogP) is 3.88. The van der Waals surface area contributed by atoms with Crippen LogP contribution in [-0.2, 0) is 16.5 Å². The Morgan fingerprint density at radius 2 is 1.77 bits per heavy atom. The molecular weight excluding hydrogens is 347 g/mol. The summed E-state index contributed by atoms with van der Waals surface area (Å²) in [6.45, 7) is 1.64. The van der Waals surface area contributed by atoms with Crippen molar-refractivity contribution in [2.75, 3.05) is 5.73 Å². The summed E-state index contributed by atoms with van der Waals surface area (Å²) in [6.07, 6.45) is -2.95. The largest absolute Gasteiger partial charge is 0.479 e. The zero-order chi connectivity index (χ0) is 19.1. The Bertz CT molecular complexity index is 964. The number of nitrogens with zero attached hydrogens (tertiary/aromatic N) is 2. The van der Waals surface area contributed by atoms with Gasteiger partial charge in [-0.05, 0) is 36.2 Å². The second kappa shape index (κ2) is 6.05. The van der Waals surface area contributed by atoms with Crippen LogP contribution in [0.25, 0.3) is 10.9 Å². The molecule has 1 atom stereocenters. The van der Waals surface area contributed by atoms with E-state index in [1.54, 1.807) is 25.1 Å². The number of aromatic nitrogens is 2. The standard InChI is InChI=1S/C18H16F3N3O2/c1-2-17(16(25)26,11-6-8-12(9-7-11)18(19,20)21)24-15-5-3-4-14(22)13(15)10-23-24/h3-10H,2,22H2,1H3,(H,25,26). The molecule has 0 saturated heterocycles. The van der Waals surface area contributed by atoms with Gasteiger partial charge in [-0.3, -0.25) is 0 Å². The van der Waals surface area contributed by atoms with E-state index in [1.807, 2.05) is 0 Å². The van der Waals surface area contributed by atoms with Crippen molar-refractivity contribution >= 4 is 22.6 Å². The average Bonchev–Trinajstić information content (AvgIpc) is 3.01. The van der Waals surface area contributed by atoms with Crippen molar-refractivity contribution in [1.82, 2.24) is 9.78 Å². The zero-order valence-electron chi connectivity index (χ0n) is 13.8. The highest BCUT2D eigenvalue weighted by Crippen LogP contribution is 2.36. The Hall–Kier alpha value is -3.03. The van der Waals surface area contributed by atoms with Crippen LogP contribution in [0.2, 0.25) is 0 Å². The first-order valence-electron chi connectivity index (χ1n) is 7.85. The van der Waals surface area contributed by atoms with Gasteiger partial charge >= 0.3 is 12.1 Å². The van der Waals surface area contributed by atoms with Gasteiger partial charge in [0.2, 0.25) is 0 Å². The van der Waals surface area contributed by atoms with E-state index in [9.17, 15) is 23.1 Å². The minimum atomic E-state index is -4.50. The van der Waals surface area contributed by atoms with E-state index in [4.69, 9.17) is 5.73 Å². The lowest BCUT2D eigenvalue weighted by Gasteiger charge is -2.30. The number of fused-ring (bicyclic) bond motifs is 1. The second-order valence-corrected chi connectivity index (χ2v) is 5.93. The summed E-state index contributed by atoms with van der Waals surface area (Å²) in [6, 6.07) is 9.13. The molecule has 3 N–H and O–H groups in total. The number of rotatable bonds is 4. The van der Waals surface area contributed by atoms with Gasteiger partial charge in [0.05, 0.1) is 17.3 Å². The van der Waals surface area contributed by atoms with E-state index in [-0.39, 0.29) is 12.0 Å². The summed E-state index contributed by atoms with van der Waals surface area (Å²) in [5.41, 5.74) is 4.55. The van der Waals surface area contributed by atoms with Crippen LogP contribution in [0.4, 0.5) is 18.9 Å². The first-order valence-corrected chi connectivity index (χ1v) is 7.85. The van der Waals surface area contributed by atoms with Gasteiger partial charge < -0.3 is 10.8 Å². The van der Waals surface area contributed by atoms with Crippen LogP contribution in [0.1, 0.15) is 24.5 Å². The average molecular weight is 363 g/mol. The minimum Gasteiger partial charge on any atom is -0.479 e. The maximum Gasteiger partial charge on any atom is 0.416 e. The van der Waals surface area contributed by atoms with E-state index in [0.29, 0.717) is 16.6 Å². The molecule has 0 fully saturated rings. The SMILES string of the molecule is CCC(C(=O)O)(c1ccc(C(F)(F)F)cc1)n1ncc2c(N)cccc21. The van der Waals surface area contributed by atoms with Crippen molar-refractivity contribution in [2.45, 2.75) is 25.1 Å². The highest BCUT2D eigenvalue weighted by molar-refractivity contribution is 5.92. The van der Waals surface area contributed by atoms with Crippen LogP contribution in [0, 0.1) is 0 Å². The van der Waals surface area contributed by atoms with Gasteiger partial charge in [0.25, 0.3) is 0 Å². The van der Waals surface area contributed by atoms with Crippen molar-refractivity contribution in [3.63, 3.8) is 0 Å². The number of hydrogen-bond donors (Lipinski definition) is 2. The molecule has 136 valence electrons. The van der Waals surface area contributed by atoms with E-state index < -0.39 is 23.2 Å². The van der Waals surface area contributed by atoms with Gasteiger partial charge in [-0.2, -0.15) is 18.3 Å². The lowest BCUT2D eigenvalue weighted by molar-refractivity contribution is -0.145. The van der Waals surface area contributed by atoms with Crippen molar-refractivity contribution in [3.05, 3.63) is 59.8 Å². The van der Waals surface area contributed by atoms with Crippen LogP contribution < -0.4 is 5.73 Å². The molecule has 0 aliphatic carbocycles. The van der Waals surface area contributed by atoms with Gasteiger partial charge in [-0.25, -0.2) is 9.48 Å². The number of benzene rings is 2. The third-order valence-electron chi connectivity index (χ3n) is 4.56. The first-order chi connectivity index (χ1) is 12.2. The number of anilines is 1. The van der Waals surface area contributed by atoms with E-state index >= 15 is 0 Å². The van der Waals surface area contributed by atoms with Gasteiger partial charge in [-0.1, -0.05) is 25.1 Å². The highest BCUT2D eigenvalue weighted by Gasteiger charge is 2.43. The normalized spacial score (nSPS) is 14.3. The summed E-state index contributed by atoms with van der Waals surface area (Å²) in [5, 5.41) is 14.8. The number of alkyl halides is 3. The monoisotopic (exact) mass is 363 g/mol. The number of carboxylic acid groups (broad SMARTS) is 1. The highest BCUT2D eigenvalue weighted by atomic mass is 19.4. The number of nitrogen functional groups attached to an aromatic ring is 1. The topological polar surface area (TPSA) is 81.1 Å². The lowest BCUT2D eigenvalue weighted by atomic mass is 9.86. The quantitative estimate of drug-likeness (QED) is 0.690. The Morgan fingerprint density at radius 1 is 1.15 bits per heavy atom. The van der Waals surface area contributed by atoms with Crippen molar-refractivity contribution in [2.24, 2.45) is 0 Å². The summed E-state index contributed by atoms with van der Waals surface area (Å²) < 4.78 is 39.8.